The van der Waals surface area contributed by atoms with E-state index in [1.165, 1.54) is 0 Å². The van der Waals surface area contributed by atoms with Crippen LogP contribution < -0.4 is 0 Å². The molecule has 4 heteroatoms. The number of aliphatic hydroxyl groups excluding tert-OH is 1. The van der Waals surface area contributed by atoms with Gasteiger partial charge >= 0.3 is 0 Å². The first-order chi connectivity index (χ1) is 9.95. The number of halogens is 1. The van der Waals surface area contributed by atoms with Crippen molar-refractivity contribution >= 4 is 23.6 Å². The van der Waals surface area contributed by atoms with E-state index in [4.69, 9.17) is 11.6 Å². The molecule has 0 spiro atoms. The molecule has 0 bridgehead atoms. The van der Waals surface area contributed by atoms with Crippen LogP contribution in [-0.2, 0) is 4.79 Å². The Morgan fingerprint density at radius 3 is 2.86 bits per heavy atom. The normalized spacial score (nSPS) is 23.2. The molecule has 1 unspecified atom stereocenters. The SMILES string of the molecule is C/C(=C/c1ccccc1Cl)C(=O)N1CCCC(C)(CO)C1. The van der Waals surface area contributed by atoms with Crippen LogP contribution in [-0.4, -0.2) is 35.6 Å². The molecule has 1 aromatic carbocycles. The topological polar surface area (TPSA) is 40.5 Å². The van der Waals surface area contributed by atoms with Crippen molar-refractivity contribution in [2.45, 2.75) is 26.7 Å². The van der Waals surface area contributed by atoms with Crippen LogP contribution >= 0.6 is 11.6 Å². The molecule has 3 nitrogen and oxygen atoms in total. The number of hydrogen-bond acceptors (Lipinski definition) is 2. The van der Waals surface area contributed by atoms with Crippen LogP contribution in [0.5, 0.6) is 0 Å². The molecule has 1 aliphatic heterocycles. The second kappa shape index (κ2) is 6.63. The minimum Gasteiger partial charge on any atom is -0.396 e. The molecule has 0 aromatic heterocycles. The van der Waals surface area contributed by atoms with E-state index < -0.39 is 0 Å². The number of nitrogens with zero attached hydrogens (tertiary/aromatic N) is 1. The van der Waals surface area contributed by atoms with Gasteiger partial charge in [0.1, 0.15) is 0 Å². The van der Waals surface area contributed by atoms with Gasteiger partial charge in [0.25, 0.3) is 0 Å². The van der Waals surface area contributed by atoms with Gasteiger partial charge in [-0.2, -0.15) is 0 Å². The summed E-state index contributed by atoms with van der Waals surface area (Å²) in [6, 6.07) is 7.48. The second-order valence-electron chi connectivity index (χ2n) is 6.15. The number of piperidine rings is 1. The maximum Gasteiger partial charge on any atom is 0.249 e. The summed E-state index contributed by atoms with van der Waals surface area (Å²) in [7, 11) is 0. The van der Waals surface area contributed by atoms with Crippen LogP contribution in [0, 0.1) is 5.41 Å². The van der Waals surface area contributed by atoms with Crippen LogP contribution in [0.25, 0.3) is 6.08 Å². The van der Waals surface area contributed by atoms with Crippen molar-refractivity contribution in [2.24, 2.45) is 5.41 Å². The van der Waals surface area contributed by atoms with Crippen molar-refractivity contribution in [3.63, 3.8) is 0 Å². The van der Waals surface area contributed by atoms with Crippen LogP contribution in [0.2, 0.25) is 5.02 Å². The summed E-state index contributed by atoms with van der Waals surface area (Å²) in [5.41, 5.74) is 1.34. The van der Waals surface area contributed by atoms with E-state index in [0.717, 1.165) is 24.9 Å². The Morgan fingerprint density at radius 1 is 1.48 bits per heavy atom. The molecule has 1 aliphatic rings. The number of hydrogen-bond donors (Lipinski definition) is 1. The summed E-state index contributed by atoms with van der Waals surface area (Å²) in [6.45, 7) is 5.32. The third kappa shape index (κ3) is 3.86. The van der Waals surface area contributed by atoms with E-state index >= 15 is 0 Å². The molecule has 1 heterocycles. The largest absolute Gasteiger partial charge is 0.396 e. The Hall–Kier alpha value is -1.32. The molecule has 21 heavy (non-hydrogen) atoms. The van der Waals surface area contributed by atoms with E-state index in [0.29, 0.717) is 17.1 Å². The van der Waals surface area contributed by atoms with Crippen molar-refractivity contribution in [2.75, 3.05) is 19.7 Å². The minimum atomic E-state index is -0.182. The third-order valence-electron chi connectivity index (χ3n) is 4.06. The van der Waals surface area contributed by atoms with Gasteiger partial charge in [-0.15, -0.1) is 0 Å². The summed E-state index contributed by atoms with van der Waals surface area (Å²) >= 11 is 6.12. The molecule has 1 amide bonds. The lowest BCUT2D eigenvalue weighted by atomic mass is 9.82. The van der Waals surface area contributed by atoms with Crippen molar-refractivity contribution in [3.8, 4) is 0 Å². The standard InChI is InChI=1S/C17H22ClNO2/c1-13(10-14-6-3-4-7-15(14)18)16(21)19-9-5-8-17(2,11-19)12-20/h3-4,6-7,10,20H,5,8-9,11-12H2,1-2H3/b13-10-. The molecule has 1 aromatic rings. The van der Waals surface area contributed by atoms with Crippen LogP contribution in [0.1, 0.15) is 32.3 Å². The first-order valence-electron chi connectivity index (χ1n) is 7.28. The second-order valence-corrected chi connectivity index (χ2v) is 6.56. The van der Waals surface area contributed by atoms with Crippen LogP contribution in [0.4, 0.5) is 0 Å². The first kappa shape index (κ1) is 16.1. The Balaban J connectivity index is 2.14. The molecule has 0 radical (unpaired) electrons. The zero-order valence-corrected chi connectivity index (χ0v) is 13.4. The Bertz CT molecular complexity index is 555. The van der Waals surface area contributed by atoms with Crippen molar-refractivity contribution in [1.29, 1.82) is 0 Å². The molecule has 0 aliphatic carbocycles. The lowest BCUT2D eigenvalue weighted by Gasteiger charge is -2.39. The van der Waals surface area contributed by atoms with Gasteiger partial charge < -0.3 is 10.0 Å². The number of amides is 1. The van der Waals surface area contributed by atoms with Gasteiger partial charge in [-0.1, -0.05) is 36.7 Å². The zero-order valence-electron chi connectivity index (χ0n) is 12.6. The molecule has 1 saturated heterocycles. The molecular formula is C17H22ClNO2. The highest BCUT2D eigenvalue weighted by Crippen LogP contribution is 2.29. The fraction of sp³-hybridized carbons (Fsp3) is 0.471. The predicted molar refractivity (Wildman–Crippen MR) is 86.1 cm³/mol. The van der Waals surface area contributed by atoms with Gasteiger partial charge in [0.05, 0.1) is 6.61 Å². The first-order valence-corrected chi connectivity index (χ1v) is 7.66. The zero-order chi connectivity index (χ0) is 15.5. The fourth-order valence-corrected chi connectivity index (χ4v) is 2.94. The third-order valence-corrected chi connectivity index (χ3v) is 4.41. The van der Waals surface area contributed by atoms with E-state index in [-0.39, 0.29) is 17.9 Å². The maximum atomic E-state index is 12.6. The Morgan fingerprint density at radius 2 is 2.19 bits per heavy atom. The number of carbonyl (C=O) groups is 1. The molecule has 1 N–H and O–H groups in total. The summed E-state index contributed by atoms with van der Waals surface area (Å²) in [6.07, 6.45) is 3.72. The predicted octanol–water partition coefficient (Wildman–Crippen LogP) is 3.36. The van der Waals surface area contributed by atoms with E-state index in [1.807, 2.05) is 49.1 Å². The average Bonchev–Trinajstić information content (AvgIpc) is 2.49. The highest BCUT2D eigenvalue weighted by atomic mass is 35.5. The Kier molecular flexibility index (Phi) is 5.07. The van der Waals surface area contributed by atoms with Gasteiger partial charge in [0, 0.05) is 29.1 Å². The van der Waals surface area contributed by atoms with Gasteiger partial charge in [-0.05, 0) is 37.5 Å². The monoisotopic (exact) mass is 307 g/mol. The molecule has 114 valence electrons. The van der Waals surface area contributed by atoms with E-state index in [1.54, 1.807) is 0 Å². The smallest absolute Gasteiger partial charge is 0.249 e. The molecule has 0 saturated carbocycles. The van der Waals surface area contributed by atoms with Gasteiger partial charge in [0.2, 0.25) is 5.91 Å². The Labute approximate surface area is 131 Å². The highest BCUT2D eigenvalue weighted by Gasteiger charge is 2.32. The quantitative estimate of drug-likeness (QED) is 0.870. The summed E-state index contributed by atoms with van der Waals surface area (Å²) < 4.78 is 0. The van der Waals surface area contributed by atoms with Gasteiger partial charge in [0.15, 0.2) is 0 Å². The lowest BCUT2D eigenvalue weighted by Crippen LogP contribution is -2.46. The van der Waals surface area contributed by atoms with Crippen molar-refractivity contribution < 1.29 is 9.90 Å². The van der Waals surface area contributed by atoms with Crippen molar-refractivity contribution in [1.82, 2.24) is 4.90 Å². The summed E-state index contributed by atoms with van der Waals surface area (Å²) in [5.74, 6) is 0.0225. The number of carbonyl (C=O) groups excluding carboxylic acids is 1. The average molecular weight is 308 g/mol. The number of likely N-dealkylation sites (tertiary alicyclic amines) is 1. The van der Waals surface area contributed by atoms with Crippen molar-refractivity contribution in [3.05, 3.63) is 40.4 Å². The van der Waals surface area contributed by atoms with E-state index in [2.05, 4.69) is 0 Å². The molecule has 2 rings (SSSR count). The van der Waals surface area contributed by atoms with Crippen LogP contribution in [0.15, 0.2) is 29.8 Å². The van der Waals surface area contributed by atoms with Gasteiger partial charge in [-0.3, -0.25) is 4.79 Å². The number of aliphatic hydroxyl groups is 1. The fourth-order valence-electron chi connectivity index (χ4n) is 2.75. The molecular weight excluding hydrogens is 286 g/mol. The molecule has 1 atom stereocenters. The number of benzene rings is 1. The number of rotatable bonds is 3. The van der Waals surface area contributed by atoms with E-state index in [9.17, 15) is 9.90 Å². The lowest BCUT2D eigenvalue weighted by molar-refractivity contribution is -0.130. The summed E-state index contributed by atoms with van der Waals surface area (Å²) in [5, 5.41) is 10.1. The summed E-state index contributed by atoms with van der Waals surface area (Å²) in [4.78, 5) is 14.4. The minimum absolute atomic E-state index is 0.0225. The van der Waals surface area contributed by atoms with Crippen LogP contribution in [0.3, 0.4) is 0 Å². The highest BCUT2D eigenvalue weighted by molar-refractivity contribution is 6.32. The maximum absolute atomic E-state index is 12.6. The van der Waals surface area contributed by atoms with Gasteiger partial charge in [-0.25, -0.2) is 0 Å². The molecule has 1 fully saturated rings.